The van der Waals surface area contributed by atoms with Crippen molar-refractivity contribution in [2.45, 2.75) is 38.4 Å². The van der Waals surface area contributed by atoms with E-state index in [2.05, 4.69) is 0 Å². The first-order chi connectivity index (χ1) is 15.8. The maximum atomic E-state index is 14.4. The summed E-state index contributed by atoms with van der Waals surface area (Å²) < 4.78 is 11.0. The Morgan fingerprint density at radius 1 is 0.879 bits per heavy atom. The number of hydrogen-bond acceptors (Lipinski definition) is 4. The second kappa shape index (κ2) is 6.61. The van der Waals surface area contributed by atoms with Crippen molar-refractivity contribution in [3.8, 4) is 11.5 Å². The minimum atomic E-state index is -1.21. The number of carbonyl (C=O) groups is 2. The minimum absolute atomic E-state index is 0.102. The molecule has 0 saturated carbocycles. The van der Waals surface area contributed by atoms with E-state index < -0.39 is 11.1 Å². The number of rotatable bonds is 2. The van der Waals surface area contributed by atoms with E-state index in [1.54, 1.807) is 4.90 Å². The second-order valence-electron chi connectivity index (χ2n) is 9.66. The molecule has 0 aliphatic carbocycles. The lowest BCUT2D eigenvalue weighted by Gasteiger charge is -2.38. The number of ether oxygens (including phenoxy) is 2. The van der Waals surface area contributed by atoms with Gasteiger partial charge in [0.2, 0.25) is 6.79 Å². The van der Waals surface area contributed by atoms with Gasteiger partial charge in [0.15, 0.2) is 17.0 Å². The van der Waals surface area contributed by atoms with Crippen LogP contribution in [0, 0.1) is 0 Å². The summed E-state index contributed by atoms with van der Waals surface area (Å²) in [5, 5.41) is 0. The van der Waals surface area contributed by atoms with E-state index in [0.717, 1.165) is 22.4 Å². The van der Waals surface area contributed by atoms with E-state index in [-0.39, 0.29) is 25.2 Å². The molecule has 3 aliphatic heterocycles. The molecule has 0 radical (unpaired) electrons. The van der Waals surface area contributed by atoms with Crippen LogP contribution in [0.5, 0.6) is 11.5 Å². The normalized spacial score (nSPS) is 20.6. The van der Waals surface area contributed by atoms with Gasteiger partial charge in [0.05, 0.1) is 5.69 Å². The molecule has 6 nitrogen and oxygen atoms in total. The van der Waals surface area contributed by atoms with Crippen LogP contribution in [-0.2, 0) is 16.9 Å². The van der Waals surface area contributed by atoms with Gasteiger partial charge in [-0.05, 0) is 50.6 Å². The molecular formula is C27H24N2O4. The van der Waals surface area contributed by atoms with Gasteiger partial charge in [-0.15, -0.1) is 0 Å². The zero-order valence-corrected chi connectivity index (χ0v) is 18.8. The molecule has 33 heavy (non-hydrogen) atoms. The summed E-state index contributed by atoms with van der Waals surface area (Å²) in [6.45, 7) is 6.51. The van der Waals surface area contributed by atoms with Crippen molar-refractivity contribution in [3.05, 3.63) is 89.0 Å². The molecular weight excluding hydrogens is 416 g/mol. The molecule has 3 aromatic carbocycles. The van der Waals surface area contributed by atoms with Crippen LogP contribution in [0.2, 0.25) is 0 Å². The first-order valence-corrected chi connectivity index (χ1v) is 11.1. The third kappa shape index (κ3) is 2.55. The van der Waals surface area contributed by atoms with E-state index in [4.69, 9.17) is 9.47 Å². The third-order valence-electron chi connectivity index (χ3n) is 6.69. The van der Waals surface area contributed by atoms with Gasteiger partial charge >= 0.3 is 0 Å². The first-order valence-electron chi connectivity index (χ1n) is 11.1. The fourth-order valence-corrected chi connectivity index (χ4v) is 5.39. The Kier molecular flexibility index (Phi) is 3.97. The van der Waals surface area contributed by atoms with Crippen molar-refractivity contribution in [2.24, 2.45) is 0 Å². The molecule has 0 bridgehead atoms. The first kappa shape index (κ1) is 19.9. The predicted octanol–water partition coefficient (Wildman–Crippen LogP) is 4.46. The molecule has 6 heteroatoms. The van der Waals surface area contributed by atoms with Gasteiger partial charge in [0.25, 0.3) is 11.8 Å². The number of para-hydroxylation sites is 1. The number of carbonyl (C=O) groups excluding carboxylic acids is 2. The lowest BCUT2D eigenvalue weighted by Crippen LogP contribution is -2.55. The lowest BCUT2D eigenvalue weighted by atomic mass is 9.83. The van der Waals surface area contributed by atoms with Crippen LogP contribution in [0.3, 0.4) is 0 Å². The number of amides is 2. The highest BCUT2D eigenvalue weighted by Gasteiger charge is 2.63. The zero-order valence-electron chi connectivity index (χ0n) is 18.8. The van der Waals surface area contributed by atoms with Gasteiger partial charge in [-0.1, -0.05) is 42.5 Å². The Morgan fingerprint density at radius 2 is 1.58 bits per heavy atom. The average Bonchev–Trinajstić information content (AvgIpc) is 3.43. The lowest BCUT2D eigenvalue weighted by molar-refractivity contribution is -0.127. The monoisotopic (exact) mass is 440 g/mol. The van der Waals surface area contributed by atoms with Crippen molar-refractivity contribution < 1.29 is 19.1 Å². The number of anilines is 1. The summed E-state index contributed by atoms with van der Waals surface area (Å²) in [5.41, 5.74) is 2.19. The summed E-state index contributed by atoms with van der Waals surface area (Å²) in [6, 6.07) is 20.9. The van der Waals surface area contributed by atoms with Gasteiger partial charge in [-0.3, -0.25) is 9.59 Å². The van der Waals surface area contributed by atoms with Crippen LogP contribution in [0.15, 0.2) is 66.7 Å². The summed E-state index contributed by atoms with van der Waals surface area (Å²) in [6.07, 6.45) is 0. The Balaban J connectivity index is 1.58. The Labute approximate surface area is 192 Å². The number of hydrogen-bond donors (Lipinski definition) is 0. The molecule has 1 unspecified atom stereocenters. The Bertz CT molecular complexity index is 1330. The van der Waals surface area contributed by atoms with E-state index in [9.17, 15) is 9.59 Å². The topological polar surface area (TPSA) is 59.1 Å². The molecule has 0 aromatic heterocycles. The van der Waals surface area contributed by atoms with Crippen molar-refractivity contribution >= 4 is 17.5 Å². The van der Waals surface area contributed by atoms with Crippen LogP contribution in [0.4, 0.5) is 5.69 Å². The SMILES string of the molecule is CC(C)(C)N1C(=O)C2(c3ccccc3C(=O)N2Cc2ccc3c(c2)OCO3)c2ccccc21. The third-order valence-corrected chi connectivity index (χ3v) is 6.69. The van der Waals surface area contributed by atoms with Gasteiger partial charge in [-0.25, -0.2) is 0 Å². The van der Waals surface area contributed by atoms with E-state index in [1.807, 2.05) is 92.4 Å². The molecule has 1 spiro atoms. The highest BCUT2D eigenvalue weighted by Crippen LogP contribution is 2.55. The standard InChI is InChI=1S/C27H24N2O4/c1-26(2,3)29-21-11-7-6-10-20(21)27(25(29)31)19-9-5-4-8-18(19)24(30)28(27)15-17-12-13-22-23(14-17)33-16-32-22/h4-14H,15-16H2,1-3H3. The molecule has 166 valence electrons. The highest BCUT2D eigenvalue weighted by molar-refractivity contribution is 6.17. The fourth-order valence-electron chi connectivity index (χ4n) is 5.39. The van der Waals surface area contributed by atoms with Crippen molar-refractivity contribution in [3.63, 3.8) is 0 Å². The zero-order chi connectivity index (χ0) is 23.0. The smallest absolute Gasteiger partial charge is 0.262 e. The fraction of sp³-hybridized carbons (Fsp3) is 0.259. The van der Waals surface area contributed by atoms with E-state index in [0.29, 0.717) is 17.1 Å². The van der Waals surface area contributed by atoms with Gasteiger partial charge in [0.1, 0.15) is 0 Å². The molecule has 2 amide bonds. The van der Waals surface area contributed by atoms with Crippen LogP contribution in [0.1, 0.15) is 47.8 Å². The molecule has 3 heterocycles. The van der Waals surface area contributed by atoms with Crippen molar-refractivity contribution in [1.29, 1.82) is 0 Å². The van der Waals surface area contributed by atoms with Gasteiger partial charge in [0, 0.05) is 28.8 Å². The molecule has 0 saturated heterocycles. The highest BCUT2D eigenvalue weighted by atomic mass is 16.7. The maximum absolute atomic E-state index is 14.4. The number of benzene rings is 3. The Hall–Kier alpha value is -3.80. The number of fused-ring (bicyclic) bond motifs is 5. The molecule has 3 aliphatic rings. The minimum Gasteiger partial charge on any atom is -0.454 e. The van der Waals surface area contributed by atoms with Crippen LogP contribution in [0.25, 0.3) is 0 Å². The van der Waals surface area contributed by atoms with Crippen molar-refractivity contribution in [2.75, 3.05) is 11.7 Å². The molecule has 0 N–H and O–H groups in total. The van der Waals surface area contributed by atoms with Crippen LogP contribution >= 0.6 is 0 Å². The van der Waals surface area contributed by atoms with E-state index in [1.165, 1.54) is 0 Å². The quantitative estimate of drug-likeness (QED) is 0.590. The molecule has 3 aromatic rings. The maximum Gasteiger partial charge on any atom is 0.262 e. The molecule has 6 rings (SSSR count). The summed E-state index contributed by atoms with van der Waals surface area (Å²) in [7, 11) is 0. The second-order valence-corrected chi connectivity index (χ2v) is 9.66. The number of nitrogens with zero attached hydrogens (tertiary/aromatic N) is 2. The predicted molar refractivity (Wildman–Crippen MR) is 123 cm³/mol. The van der Waals surface area contributed by atoms with E-state index >= 15 is 0 Å². The molecule has 0 fully saturated rings. The summed E-state index contributed by atoms with van der Waals surface area (Å²) >= 11 is 0. The largest absolute Gasteiger partial charge is 0.454 e. The van der Waals surface area contributed by atoms with Gasteiger partial charge in [-0.2, -0.15) is 0 Å². The van der Waals surface area contributed by atoms with Gasteiger partial charge < -0.3 is 19.3 Å². The molecule has 1 atom stereocenters. The van der Waals surface area contributed by atoms with Crippen LogP contribution < -0.4 is 14.4 Å². The summed E-state index contributed by atoms with van der Waals surface area (Å²) in [4.78, 5) is 31.8. The van der Waals surface area contributed by atoms with Crippen molar-refractivity contribution in [1.82, 2.24) is 4.90 Å². The van der Waals surface area contributed by atoms with Crippen LogP contribution in [-0.4, -0.2) is 29.0 Å². The Morgan fingerprint density at radius 3 is 2.36 bits per heavy atom. The summed E-state index contributed by atoms with van der Waals surface area (Å²) in [5.74, 6) is 1.09. The average molecular weight is 440 g/mol.